The summed E-state index contributed by atoms with van der Waals surface area (Å²) >= 11 is 12.2. The molecule has 0 aromatic heterocycles. The summed E-state index contributed by atoms with van der Waals surface area (Å²) in [5.74, 6) is -1.41. The Morgan fingerprint density at radius 3 is 2.59 bits per heavy atom. The van der Waals surface area contributed by atoms with Gasteiger partial charge in [0.1, 0.15) is 0 Å². The Labute approximate surface area is 166 Å². The number of hydrogen-bond donors (Lipinski definition) is 2. The molecular weight excluding hydrogens is 389 g/mol. The van der Waals surface area contributed by atoms with Crippen molar-refractivity contribution in [3.05, 3.63) is 58.1 Å². The lowest BCUT2D eigenvalue weighted by molar-refractivity contribution is -0.122. The van der Waals surface area contributed by atoms with Gasteiger partial charge in [0.15, 0.2) is 0 Å². The fourth-order valence-corrected chi connectivity index (χ4v) is 3.37. The van der Waals surface area contributed by atoms with E-state index < -0.39 is 5.92 Å². The lowest BCUT2D eigenvalue weighted by Gasteiger charge is -2.19. The predicted molar refractivity (Wildman–Crippen MR) is 105 cm³/mol. The molecule has 6 nitrogen and oxygen atoms in total. The second-order valence-corrected chi connectivity index (χ2v) is 6.88. The molecule has 3 rings (SSSR count). The van der Waals surface area contributed by atoms with E-state index in [9.17, 15) is 14.4 Å². The van der Waals surface area contributed by atoms with Crippen LogP contribution in [0.2, 0.25) is 10.0 Å². The molecule has 0 bridgehead atoms. The molecular formula is C19H17Cl2N3O3. The maximum absolute atomic E-state index is 12.7. The Morgan fingerprint density at radius 1 is 1.11 bits per heavy atom. The summed E-state index contributed by atoms with van der Waals surface area (Å²) in [7, 11) is 1.52. The third-order valence-corrected chi connectivity index (χ3v) is 5.18. The first-order chi connectivity index (χ1) is 12.9. The van der Waals surface area contributed by atoms with Gasteiger partial charge in [0, 0.05) is 20.0 Å². The maximum atomic E-state index is 12.7. The molecule has 27 heavy (non-hydrogen) atoms. The monoisotopic (exact) mass is 405 g/mol. The number of carbonyl (C=O) groups excluding carboxylic acids is 3. The summed E-state index contributed by atoms with van der Waals surface area (Å²) in [4.78, 5) is 38.5. The van der Waals surface area contributed by atoms with Crippen LogP contribution in [0, 0.1) is 5.92 Å². The molecule has 140 valence electrons. The van der Waals surface area contributed by atoms with Crippen molar-refractivity contribution in [2.45, 2.75) is 6.42 Å². The minimum absolute atomic E-state index is 0.0524. The van der Waals surface area contributed by atoms with Crippen LogP contribution >= 0.6 is 23.2 Å². The fraction of sp³-hybridized carbons (Fsp3) is 0.211. The number of halogens is 2. The minimum Gasteiger partial charge on any atom is -0.355 e. The number of carbonyl (C=O) groups is 3. The highest BCUT2D eigenvalue weighted by Crippen LogP contribution is 2.36. The topological polar surface area (TPSA) is 78.5 Å². The van der Waals surface area contributed by atoms with Gasteiger partial charge >= 0.3 is 0 Å². The summed E-state index contributed by atoms with van der Waals surface area (Å²) in [6, 6.07) is 11.7. The Bertz CT molecular complexity index is 917. The number of para-hydroxylation sites is 1. The normalized spacial score (nSPS) is 16.3. The molecule has 0 unspecified atom stereocenters. The van der Waals surface area contributed by atoms with Gasteiger partial charge in [0.05, 0.1) is 32.9 Å². The Balaban J connectivity index is 1.77. The average Bonchev–Trinajstić information content (AvgIpc) is 3.05. The molecule has 2 aromatic rings. The Hall–Kier alpha value is -2.57. The molecule has 3 amide bonds. The van der Waals surface area contributed by atoms with E-state index in [-0.39, 0.29) is 35.7 Å². The van der Waals surface area contributed by atoms with Gasteiger partial charge in [-0.15, -0.1) is 0 Å². The van der Waals surface area contributed by atoms with E-state index in [4.69, 9.17) is 23.2 Å². The molecule has 8 heteroatoms. The largest absolute Gasteiger partial charge is 0.355 e. The van der Waals surface area contributed by atoms with Crippen molar-refractivity contribution in [3.63, 3.8) is 0 Å². The van der Waals surface area contributed by atoms with Gasteiger partial charge < -0.3 is 15.5 Å². The van der Waals surface area contributed by atoms with Gasteiger partial charge in [-0.2, -0.15) is 0 Å². The van der Waals surface area contributed by atoms with Crippen molar-refractivity contribution >= 4 is 52.3 Å². The molecule has 0 spiro atoms. The van der Waals surface area contributed by atoms with E-state index in [1.165, 1.54) is 11.9 Å². The van der Waals surface area contributed by atoms with Crippen LogP contribution in [0.5, 0.6) is 0 Å². The lowest BCUT2D eigenvalue weighted by atomic mass is 10.1. The zero-order valence-corrected chi connectivity index (χ0v) is 16.0. The number of amides is 3. The molecule has 1 aliphatic heterocycles. The second-order valence-electron chi connectivity index (χ2n) is 6.09. The minimum atomic E-state index is -0.565. The highest BCUT2D eigenvalue weighted by atomic mass is 35.5. The molecule has 1 fully saturated rings. The fourth-order valence-electron chi connectivity index (χ4n) is 2.98. The molecule has 0 radical (unpaired) electrons. The summed E-state index contributed by atoms with van der Waals surface area (Å²) in [5.41, 5.74) is 1.23. The van der Waals surface area contributed by atoms with Crippen LogP contribution in [0.1, 0.15) is 16.8 Å². The number of benzene rings is 2. The second kappa shape index (κ2) is 7.98. The van der Waals surface area contributed by atoms with Gasteiger partial charge in [-0.1, -0.05) is 41.4 Å². The van der Waals surface area contributed by atoms with E-state index in [0.29, 0.717) is 22.0 Å². The molecule has 0 saturated carbocycles. The molecule has 1 aliphatic rings. The smallest absolute Gasteiger partial charge is 0.253 e. The number of nitrogens with one attached hydrogen (secondary N) is 2. The number of hydrogen-bond acceptors (Lipinski definition) is 3. The van der Waals surface area contributed by atoms with E-state index >= 15 is 0 Å². The van der Waals surface area contributed by atoms with Crippen molar-refractivity contribution < 1.29 is 14.4 Å². The van der Waals surface area contributed by atoms with Gasteiger partial charge in [0.25, 0.3) is 5.91 Å². The van der Waals surface area contributed by atoms with E-state index in [0.717, 1.165) is 0 Å². The van der Waals surface area contributed by atoms with Crippen LogP contribution in [0.4, 0.5) is 11.4 Å². The van der Waals surface area contributed by atoms with Crippen molar-refractivity contribution in [1.29, 1.82) is 0 Å². The van der Waals surface area contributed by atoms with Gasteiger partial charge in [0.2, 0.25) is 11.8 Å². The first-order valence-corrected chi connectivity index (χ1v) is 9.04. The summed E-state index contributed by atoms with van der Waals surface area (Å²) < 4.78 is 0. The summed E-state index contributed by atoms with van der Waals surface area (Å²) in [6.07, 6.45) is 0.0524. The van der Waals surface area contributed by atoms with Crippen LogP contribution in [0.15, 0.2) is 42.5 Å². The molecule has 2 aromatic carbocycles. The van der Waals surface area contributed by atoms with Crippen LogP contribution < -0.4 is 15.5 Å². The SMILES string of the molecule is CNC(=O)c1ccccc1NC(=O)[C@@H]1CC(=O)N(c2cccc(Cl)c2Cl)C1. The zero-order chi connectivity index (χ0) is 19.6. The van der Waals surface area contributed by atoms with Crippen molar-refractivity contribution in [3.8, 4) is 0 Å². The van der Waals surface area contributed by atoms with E-state index in [1.807, 2.05) is 0 Å². The molecule has 2 N–H and O–H groups in total. The first kappa shape index (κ1) is 19.2. The zero-order valence-electron chi connectivity index (χ0n) is 14.5. The quantitative estimate of drug-likeness (QED) is 0.818. The van der Waals surface area contributed by atoms with Gasteiger partial charge in [-0.05, 0) is 24.3 Å². The standard InChI is InChI=1S/C19H17Cl2N3O3/c1-22-19(27)12-5-2-3-7-14(12)23-18(26)11-9-16(25)24(10-11)15-8-4-6-13(20)17(15)21/h2-8,11H,9-10H2,1H3,(H,22,27)(H,23,26)/t11-/m1/s1. The summed E-state index contributed by atoms with van der Waals surface area (Å²) in [6.45, 7) is 0.187. The maximum Gasteiger partial charge on any atom is 0.253 e. The van der Waals surface area contributed by atoms with E-state index in [2.05, 4.69) is 10.6 Å². The number of nitrogens with zero attached hydrogens (tertiary/aromatic N) is 1. The predicted octanol–water partition coefficient (Wildman–Crippen LogP) is 3.34. The first-order valence-electron chi connectivity index (χ1n) is 8.28. The van der Waals surface area contributed by atoms with Crippen LogP contribution in [0.3, 0.4) is 0 Å². The van der Waals surface area contributed by atoms with Crippen LogP contribution in [0.25, 0.3) is 0 Å². The third kappa shape index (κ3) is 3.91. The van der Waals surface area contributed by atoms with E-state index in [1.54, 1.807) is 42.5 Å². The van der Waals surface area contributed by atoms with Crippen molar-refractivity contribution in [2.75, 3.05) is 23.8 Å². The van der Waals surface area contributed by atoms with Crippen molar-refractivity contribution in [2.24, 2.45) is 5.92 Å². The highest BCUT2D eigenvalue weighted by molar-refractivity contribution is 6.44. The Kier molecular flexibility index (Phi) is 5.68. The Morgan fingerprint density at radius 2 is 1.85 bits per heavy atom. The van der Waals surface area contributed by atoms with Gasteiger partial charge in [-0.25, -0.2) is 0 Å². The molecule has 0 aliphatic carbocycles. The third-order valence-electron chi connectivity index (χ3n) is 4.37. The molecule has 1 atom stereocenters. The van der Waals surface area contributed by atoms with Crippen LogP contribution in [-0.4, -0.2) is 31.3 Å². The van der Waals surface area contributed by atoms with Crippen molar-refractivity contribution in [1.82, 2.24) is 5.32 Å². The average molecular weight is 406 g/mol. The van der Waals surface area contributed by atoms with Crippen LogP contribution in [-0.2, 0) is 9.59 Å². The summed E-state index contributed by atoms with van der Waals surface area (Å²) in [5, 5.41) is 5.90. The highest BCUT2D eigenvalue weighted by Gasteiger charge is 2.36. The molecule has 1 heterocycles. The van der Waals surface area contributed by atoms with Gasteiger partial charge in [-0.3, -0.25) is 14.4 Å². The lowest BCUT2D eigenvalue weighted by Crippen LogP contribution is -2.29. The molecule has 1 saturated heterocycles. The number of anilines is 2. The number of rotatable bonds is 4.